The number of imidazole rings is 1. The van der Waals surface area contributed by atoms with Gasteiger partial charge in [-0.2, -0.15) is 0 Å². The highest BCUT2D eigenvalue weighted by Gasteiger charge is 2.41. The predicted molar refractivity (Wildman–Crippen MR) is 118 cm³/mol. The molecule has 1 N–H and O–H groups in total. The van der Waals surface area contributed by atoms with Gasteiger partial charge in [0.1, 0.15) is 23.0 Å². The lowest BCUT2D eigenvalue weighted by atomic mass is 9.72. The van der Waals surface area contributed by atoms with E-state index in [4.69, 9.17) is 0 Å². The Hall–Kier alpha value is -2.89. The Morgan fingerprint density at radius 2 is 1.56 bits per heavy atom. The fourth-order valence-corrected chi connectivity index (χ4v) is 5.79. The van der Waals surface area contributed by atoms with Crippen molar-refractivity contribution in [3.05, 3.63) is 71.4 Å². The van der Waals surface area contributed by atoms with Gasteiger partial charge < -0.3 is 4.98 Å². The summed E-state index contributed by atoms with van der Waals surface area (Å²) in [6, 6.07) is 9.03. The first-order valence-electron chi connectivity index (χ1n) is 11.5. The number of pyridine rings is 1. The Morgan fingerprint density at radius 1 is 0.812 bits per heavy atom. The third kappa shape index (κ3) is 3.46. The van der Waals surface area contributed by atoms with E-state index in [0.29, 0.717) is 28.8 Å². The predicted octanol–water partition coefficient (Wildman–Crippen LogP) is 7.00. The molecule has 2 aromatic carbocycles. The van der Waals surface area contributed by atoms with Crippen molar-refractivity contribution in [2.75, 3.05) is 0 Å². The standard InChI is InChI=1S/C26H24F3N3/c27-17-7-8-22-20(11-17)19(9-10-30-22)14-1-3-15(4-2-14)24(16-5-6-16)26-31-23-13-18(28)12-21(29)25(23)32-26/h7-16,24H,1-6H2,(H,31,32)/t14-,15+,24-/m0/s1. The van der Waals surface area contributed by atoms with Crippen LogP contribution in [0.5, 0.6) is 0 Å². The summed E-state index contributed by atoms with van der Waals surface area (Å²) in [7, 11) is 0. The van der Waals surface area contributed by atoms with Crippen molar-refractivity contribution in [2.45, 2.75) is 50.4 Å². The molecular formula is C26H24F3N3. The molecular weight excluding hydrogens is 411 g/mol. The Balaban J connectivity index is 1.26. The third-order valence-electron chi connectivity index (χ3n) is 7.43. The number of nitrogens with zero attached hydrogens (tertiary/aromatic N) is 2. The van der Waals surface area contributed by atoms with Crippen LogP contribution in [0.25, 0.3) is 21.9 Å². The number of H-pyrrole nitrogens is 1. The van der Waals surface area contributed by atoms with E-state index in [1.54, 1.807) is 12.1 Å². The van der Waals surface area contributed by atoms with Crippen molar-refractivity contribution in [1.82, 2.24) is 15.0 Å². The van der Waals surface area contributed by atoms with Crippen molar-refractivity contribution in [3.8, 4) is 0 Å². The largest absolute Gasteiger partial charge is 0.339 e. The number of fused-ring (bicyclic) bond motifs is 2. The number of aromatic nitrogens is 3. The zero-order valence-electron chi connectivity index (χ0n) is 17.6. The summed E-state index contributed by atoms with van der Waals surface area (Å²) in [6.45, 7) is 0. The summed E-state index contributed by atoms with van der Waals surface area (Å²) in [5.74, 6) is 1.01. The van der Waals surface area contributed by atoms with E-state index >= 15 is 0 Å². The van der Waals surface area contributed by atoms with Crippen molar-refractivity contribution >= 4 is 21.9 Å². The van der Waals surface area contributed by atoms with Crippen molar-refractivity contribution in [2.24, 2.45) is 11.8 Å². The first-order chi connectivity index (χ1) is 15.6. The van der Waals surface area contributed by atoms with E-state index in [9.17, 15) is 13.2 Å². The Morgan fingerprint density at radius 3 is 2.31 bits per heavy atom. The smallest absolute Gasteiger partial charge is 0.151 e. The van der Waals surface area contributed by atoms with E-state index in [1.807, 2.05) is 12.3 Å². The van der Waals surface area contributed by atoms with Gasteiger partial charge in [0.05, 0.1) is 11.0 Å². The number of hydrogen-bond acceptors (Lipinski definition) is 2. The van der Waals surface area contributed by atoms with Crippen molar-refractivity contribution in [3.63, 3.8) is 0 Å². The van der Waals surface area contributed by atoms with Gasteiger partial charge in [-0.25, -0.2) is 18.2 Å². The van der Waals surface area contributed by atoms with Crippen LogP contribution in [0.2, 0.25) is 0 Å². The first kappa shape index (κ1) is 19.8. The zero-order chi connectivity index (χ0) is 21.8. The normalized spacial score (nSPS) is 22.5. The average molecular weight is 435 g/mol. The van der Waals surface area contributed by atoms with Gasteiger partial charge >= 0.3 is 0 Å². The van der Waals surface area contributed by atoms with Crippen LogP contribution in [0.3, 0.4) is 0 Å². The van der Waals surface area contributed by atoms with Crippen LogP contribution in [-0.4, -0.2) is 15.0 Å². The second-order valence-electron chi connectivity index (χ2n) is 9.44. The highest BCUT2D eigenvalue weighted by atomic mass is 19.1. The number of benzene rings is 2. The highest BCUT2D eigenvalue weighted by Crippen LogP contribution is 2.52. The molecule has 0 radical (unpaired) electrons. The molecule has 32 heavy (non-hydrogen) atoms. The lowest BCUT2D eigenvalue weighted by molar-refractivity contribution is 0.259. The molecule has 4 aromatic rings. The van der Waals surface area contributed by atoms with Crippen LogP contribution in [-0.2, 0) is 0 Å². The van der Waals surface area contributed by atoms with Crippen LogP contribution >= 0.6 is 0 Å². The molecule has 0 unspecified atom stereocenters. The van der Waals surface area contributed by atoms with Crippen LogP contribution in [0, 0.1) is 29.3 Å². The SMILES string of the molecule is Fc1cc(F)c2[nH]c([C@H](C3CC3)[C@H]3CC[C@@H](c4ccnc5ccc(F)cc54)CC3)nc2c1. The summed E-state index contributed by atoms with van der Waals surface area (Å²) >= 11 is 0. The summed E-state index contributed by atoms with van der Waals surface area (Å²) in [4.78, 5) is 12.2. The fraction of sp³-hybridized carbons (Fsp3) is 0.385. The monoisotopic (exact) mass is 435 g/mol. The molecule has 6 heteroatoms. The number of aromatic amines is 1. The van der Waals surface area contributed by atoms with E-state index in [0.717, 1.165) is 61.3 Å². The lowest BCUT2D eigenvalue weighted by Crippen LogP contribution is -2.22. The summed E-state index contributed by atoms with van der Waals surface area (Å²) in [6.07, 6.45) is 8.26. The minimum absolute atomic E-state index is 0.234. The zero-order valence-corrected chi connectivity index (χ0v) is 17.6. The minimum atomic E-state index is -0.599. The van der Waals surface area contributed by atoms with E-state index in [2.05, 4.69) is 15.0 Å². The van der Waals surface area contributed by atoms with Crippen LogP contribution < -0.4 is 0 Å². The molecule has 0 aliphatic heterocycles. The first-order valence-corrected chi connectivity index (χ1v) is 11.5. The number of rotatable bonds is 4. The molecule has 6 rings (SSSR count). The average Bonchev–Trinajstić information content (AvgIpc) is 3.52. The molecule has 1 atom stereocenters. The molecule has 2 aliphatic rings. The van der Waals surface area contributed by atoms with Gasteiger partial charge in [-0.15, -0.1) is 0 Å². The quantitative estimate of drug-likeness (QED) is 0.375. The van der Waals surface area contributed by atoms with Crippen LogP contribution in [0.15, 0.2) is 42.6 Å². The van der Waals surface area contributed by atoms with Gasteiger partial charge in [-0.3, -0.25) is 4.98 Å². The van der Waals surface area contributed by atoms with E-state index in [-0.39, 0.29) is 11.7 Å². The van der Waals surface area contributed by atoms with Crippen molar-refractivity contribution in [1.29, 1.82) is 0 Å². The number of hydrogen-bond donors (Lipinski definition) is 1. The maximum absolute atomic E-state index is 14.2. The second-order valence-corrected chi connectivity index (χ2v) is 9.44. The van der Waals surface area contributed by atoms with Gasteiger partial charge in [-0.05, 0) is 86.1 Å². The molecule has 0 saturated heterocycles. The van der Waals surface area contributed by atoms with Gasteiger partial charge in [0.2, 0.25) is 0 Å². The number of nitrogens with one attached hydrogen (secondary N) is 1. The molecule has 0 bridgehead atoms. The van der Waals surface area contributed by atoms with Gasteiger partial charge in [-0.1, -0.05) is 0 Å². The Labute approximate surface area is 184 Å². The molecule has 0 amide bonds. The Kier molecular flexibility index (Phi) is 4.70. The minimum Gasteiger partial charge on any atom is -0.339 e. The fourth-order valence-electron chi connectivity index (χ4n) is 5.79. The molecule has 2 fully saturated rings. The second kappa shape index (κ2) is 7.61. The molecule has 2 heterocycles. The molecule has 3 nitrogen and oxygen atoms in total. The Bertz CT molecular complexity index is 1300. The lowest BCUT2D eigenvalue weighted by Gasteiger charge is -2.34. The van der Waals surface area contributed by atoms with Crippen molar-refractivity contribution < 1.29 is 13.2 Å². The van der Waals surface area contributed by atoms with E-state index < -0.39 is 11.6 Å². The maximum atomic E-state index is 14.2. The molecule has 2 saturated carbocycles. The maximum Gasteiger partial charge on any atom is 0.151 e. The number of halogens is 3. The molecule has 0 spiro atoms. The molecule has 164 valence electrons. The summed E-state index contributed by atoms with van der Waals surface area (Å²) < 4.78 is 41.8. The third-order valence-corrected chi connectivity index (χ3v) is 7.43. The van der Waals surface area contributed by atoms with Crippen LogP contribution in [0.4, 0.5) is 13.2 Å². The van der Waals surface area contributed by atoms with Crippen LogP contribution in [0.1, 0.15) is 61.7 Å². The summed E-state index contributed by atoms with van der Waals surface area (Å²) in [5.41, 5.74) is 2.67. The summed E-state index contributed by atoms with van der Waals surface area (Å²) in [5, 5.41) is 0.907. The van der Waals surface area contributed by atoms with Gasteiger partial charge in [0, 0.05) is 29.6 Å². The highest BCUT2D eigenvalue weighted by molar-refractivity contribution is 5.82. The molecule has 2 aliphatic carbocycles. The van der Waals surface area contributed by atoms with E-state index in [1.165, 1.54) is 17.7 Å². The topological polar surface area (TPSA) is 41.6 Å². The van der Waals surface area contributed by atoms with Gasteiger partial charge in [0.15, 0.2) is 5.82 Å². The molecule has 2 aromatic heterocycles. The van der Waals surface area contributed by atoms with Gasteiger partial charge in [0.25, 0.3) is 0 Å².